The van der Waals surface area contributed by atoms with Gasteiger partial charge in [0, 0.05) is 26.1 Å². The van der Waals surface area contributed by atoms with Crippen LogP contribution in [-0.2, 0) is 0 Å². The summed E-state index contributed by atoms with van der Waals surface area (Å²) in [5.41, 5.74) is 0. The molecule has 1 aliphatic carbocycles. The lowest BCUT2D eigenvalue weighted by atomic mass is 10.3. The van der Waals surface area contributed by atoms with Crippen LogP contribution in [0.1, 0.15) is 37.2 Å². The van der Waals surface area contributed by atoms with E-state index >= 15 is 0 Å². The molecule has 3 nitrogen and oxygen atoms in total. The number of furan rings is 1. The van der Waals surface area contributed by atoms with E-state index in [1.165, 1.54) is 19.8 Å². The van der Waals surface area contributed by atoms with Gasteiger partial charge in [-0.3, -0.25) is 4.79 Å². The van der Waals surface area contributed by atoms with E-state index in [-0.39, 0.29) is 5.78 Å². The summed E-state index contributed by atoms with van der Waals surface area (Å²) in [7, 11) is 0. The van der Waals surface area contributed by atoms with E-state index in [1.807, 2.05) is 6.07 Å². The Labute approximate surface area is 90.1 Å². The van der Waals surface area contributed by atoms with Gasteiger partial charge in [-0.1, -0.05) is 0 Å². The second-order valence-electron chi connectivity index (χ2n) is 4.18. The minimum Gasteiger partial charge on any atom is -0.437 e. The van der Waals surface area contributed by atoms with Gasteiger partial charge in [0.05, 0.1) is 0 Å². The zero-order valence-corrected chi connectivity index (χ0v) is 9.32. The highest BCUT2D eigenvalue weighted by Gasteiger charge is 2.25. The Kier molecular flexibility index (Phi) is 2.80. The van der Waals surface area contributed by atoms with E-state index in [1.54, 1.807) is 6.07 Å². The van der Waals surface area contributed by atoms with Crippen LogP contribution >= 0.6 is 0 Å². The van der Waals surface area contributed by atoms with Gasteiger partial charge >= 0.3 is 0 Å². The summed E-state index contributed by atoms with van der Waals surface area (Å²) < 4.78 is 5.50. The number of carbonyl (C=O) groups is 1. The van der Waals surface area contributed by atoms with Crippen molar-refractivity contribution >= 4 is 11.7 Å². The summed E-state index contributed by atoms with van der Waals surface area (Å²) in [5, 5.41) is 0. The molecule has 0 radical (unpaired) electrons. The van der Waals surface area contributed by atoms with Crippen molar-refractivity contribution in [3.05, 3.63) is 17.9 Å². The molecule has 3 heteroatoms. The van der Waals surface area contributed by atoms with Gasteiger partial charge < -0.3 is 9.32 Å². The van der Waals surface area contributed by atoms with E-state index < -0.39 is 0 Å². The normalized spacial score (nSPS) is 15.3. The summed E-state index contributed by atoms with van der Waals surface area (Å²) in [4.78, 5) is 13.3. The quantitative estimate of drug-likeness (QED) is 0.696. The maximum Gasteiger partial charge on any atom is 0.196 e. The second kappa shape index (κ2) is 4.09. The van der Waals surface area contributed by atoms with Crippen molar-refractivity contribution in [2.45, 2.75) is 26.7 Å². The molecule has 1 aliphatic rings. The molecule has 1 heterocycles. The lowest BCUT2D eigenvalue weighted by Crippen LogP contribution is -2.24. The van der Waals surface area contributed by atoms with Gasteiger partial charge in [-0.15, -0.1) is 0 Å². The maximum absolute atomic E-state index is 11.1. The predicted molar refractivity (Wildman–Crippen MR) is 59.3 cm³/mol. The summed E-state index contributed by atoms with van der Waals surface area (Å²) in [5.74, 6) is 2.11. The van der Waals surface area contributed by atoms with Crippen LogP contribution < -0.4 is 4.90 Å². The molecule has 0 spiro atoms. The molecule has 2 rings (SSSR count). The van der Waals surface area contributed by atoms with Crippen molar-refractivity contribution in [2.75, 3.05) is 18.0 Å². The van der Waals surface area contributed by atoms with Crippen LogP contribution in [0.4, 0.5) is 5.88 Å². The van der Waals surface area contributed by atoms with E-state index in [2.05, 4.69) is 11.8 Å². The minimum atomic E-state index is -0.0104. The number of Topliss-reactive ketones (excluding diaryl/α,β-unsaturated/α-hetero) is 1. The number of hydrogen-bond donors (Lipinski definition) is 0. The van der Waals surface area contributed by atoms with Gasteiger partial charge in [-0.05, 0) is 31.7 Å². The average Bonchev–Trinajstić information content (AvgIpc) is 2.89. The molecule has 0 unspecified atom stereocenters. The van der Waals surface area contributed by atoms with E-state index in [4.69, 9.17) is 4.42 Å². The smallest absolute Gasteiger partial charge is 0.196 e. The number of hydrogen-bond acceptors (Lipinski definition) is 3. The molecule has 1 aromatic heterocycles. The SMILES string of the molecule is CCN(CC1CC1)c1ccc(C(C)=O)o1. The van der Waals surface area contributed by atoms with Crippen LogP contribution in [0.3, 0.4) is 0 Å². The first kappa shape index (κ1) is 10.3. The zero-order valence-electron chi connectivity index (χ0n) is 9.32. The minimum absolute atomic E-state index is 0.0104. The Morgan fingerprint density at radius 3 is 2.73 bits per heavy atom. The molecule has 0 aliphatic heterocycles. The first-order valence-corrected chi connectivity index (χ1v) is 5.56. The van der Waals surface area contributed by atoms with Crippen LogP contribution in [-0.4, -0.2) is 18.9 Å². The number of rotatable bonds is 5. The number of nitrogens with zero attached hydrogens (tertiary/aromatic N) is 1. The van der Waals surface area contributed by atoms with Crippen molar-refractivity contribution in [2.24, 2.45) is 5.92 Å². The van der Waals surface area contributed by atoms with E-state index in [0.717, 1.165) is 24.9 Å². The molecule has 0 saturated heterocycles. The molecule has 0 atom stereocenters. The van der Waals surface area contributed by atoms with Crippen molar-refractivity contribution in [1.29, 1.82) is 0 Å². The standard InChI is InChI=1S/C12H17NO2/c1-3-13(8-10-4-5-10)12-7-6-11(15-12)9(2)14/h6-7,10H,3-5,8H2,1-2H3. The fraction of sp³-hybridized carbons (Fsp3) is 0.583. The summed E-state index contributed by atoms with van der Waals surface area (Å²) in [6, 6.07) is 3.65. The molecule has 0 amide bonds. The van der Waals surface area contributed by atoms with Crippen molar-refractivity contribution in [1.82, 2.24) is 0 Å². The highest BCUT2D eigenvalue weighted by Crippen LogP contribution is 2.31. The third kappa shape index (κ3) is 2.41. The summed E-state index contributed by atoms with van der Waals surface area (Å²) in [6.07, 6.45) is 2.66. The Balaban J connectivity index is 2.07. The summed E-state index contributed by atoms with van der Waals surface area (Å²) >= 11 is 0. The van der Waals surface area contributed by atoms with Crippen LogP contribution in [0.2, 0.25) is 0 Å². The van der Waals surface area contributed by atoms with E-state index in [0.29, 0.717) is 5.76 Å². The zero-order chi connectivity index (χ0) is 10.8. The lowest BCUT2D eigenvalue weighted by Gasteiger charge is -2.19. The molecule has 82 valence electrons. The highest BCUT2D eigenvalue weighted by atomic mass is 16.4. The van der Waals surface area contributed by atoms with Crippen molar-refractivity contribution in [3.8, 4) is 0 Å². The molecule has 1 fully saturated rings. The Morgan fingerprint density at radius 2 is 2.27 bits per heavy atom. The molecular formula is C12H17NO2. The van der Waals surface area contributed by atoms with Gasteiger partial charge in [0.15, 0.2) is 17.4 Å². The molecule has 15 heavy (non-hydrogen) atoms. The number of anilines is 1. The van der Waals surface area contributed by atoms with Gasteiger partial charge in [-0.25, -0.2) is 0 Å². The lowest BCUT2D eigenvalue weighted by molar-refractivity contribution is 0.0988. The number of ketones is 1. The van der Waals surface area contributed by atoms with Crippen LogP contribution in [0.5, 0.6) is 0 Å². The van der Waals surface area contributed by atoms with Gasteiger partial charge in [0.2, 0.25) is 0 Å². The Morgan fingerprint density at radius 1 is 1.53 bits per heavy atom. The molecule has 0 N–H and O–H groups in total. The maximum atomic E-state index is 11.1. The largest absolute Gasteiger partial charge is 0.437 e. The molecular weight excluding hydrogens is 190 g/mol. The van der Waals surface area contributed by atoms with Crippen molar-refractivity contribution in [3.63, 3.8) is 0 Å². The van der Waals surface area contributed by atoms with Gasteiger partial charge in [-0.2, -0.15) is 0 Å². The third-order valence-corrected chi connectivity index (χ3v) is 2.81. The van der Waals surface area contributed by atoms with Crippen LogP contribution in [0, 0.1) is 5.92 Å². The Hall–Kier alpha value is -1.25. The second-order valence-corrected chi connectivity index (χ2v) is 4.18. The van der Waals surface area contributed by atoms with Crippen molar-refractivity contribution < 1.29 is 9.21 Å². The molecule has 0 bridgehead atoms. The first-order valence-electron chi connectivity index (χ1n) is 5.56. The summed E-state index contributed by atoms with van der Waals surface area (Å²) in [6.45, 7) is 5.63. The average molecular weight is 207 g/mol. The number of carbonyl (C=O) groups excluding carboxylic acids is 1. The van der Waals surface area contributed by atoms with Gasteiger partial charge in [0.25, 0.3) is 0 Å². The fourth-order valence-electron chi connectivity index (χ4n) is 1.67. The topological polar surface area (TPSA) is 33.5 Å². The first-order chi connectivity index (χ1) is 7.20. The molecule has 0 aromatic carbocycles. The van der Waals surface area contributed by atoms with Gasteiger partial charge in [0.1, 0.15) is 0 Å². The highest BCUT2D eigenvalue weighted by molar-refractivity contribution is 5.91. The van der Waals surface area contributed by atoms with Crippen LogP contribution in [0.25, 0.3) is 0 Å². The van der Waals surface area contributed by atoms with Crippen LogP contribution in [0.15, 0.2) is 16.5 Å². The molecule has 1 saturated carbocycles. The fourth-order valence-corrected chi connectivity index (χ4v) is 1.67. The molecule has 1 aromatic rings. The third-order valence-electron chi connectivity index (χ3n) is 2.81. The van der Waals surface area contributed by atoms with E-state index in [9.17, 15) is 4.79 Å². The monoisotopic (exact) mass is 207 g/mol. The predicted octanol–water partition coefficient (Wildman–Crippen LogP) is 2.72. The Bertz CT molecular complexity index is 352.